The predicted octanol–water partition coefficient (Wildman–Crippen LogP) is 3.70. The number of hydrogen-bond acceptors (Lipinski definition) is 5. The van der Waals surface area contributed by atoms with Crippen molar-refractivity contribution in [3.05, 3.63) is 59.2 Å². The van der Waals surface area contributed by atoms with Gasteiger partial charge in [0, 0.05) is 12.0 Å². The van der Waals surface area contributed by atoms with Crippen molar-refractivity contribution < 1.29 is 28.3 Å². The maximum absolute atomic E-state index is 10.9. The van der Waals surface area contributed by atoms with Crippen LogP contribution in [0, 0.1) is 6.92 Å². The molecule has 0 bridgehead atoms. The highest BCUT2D eigenvalue weighted by Crippen LogP contribution is 2.43. The smallest absolute Gasteiger partial charge is 0.469 e. The average molecular weight is 435 g/mol. The van der Waals surface area contributed by atoms with E-state index in [1.54, 1.807) is 7.11 Å². The molecule has 0 amide bonds. The summed E-state index contributed by atoms with van der Waals surface area (Å²) in [5, 5.41) is 0. The summed E-state index contributed by atoms with van der Waals surface area (Å²) in [6, 6.07) is 14.1. The molecule has 30 heavy (non-hydrogen) atoms. The molecule has 0 aromatic heterocycles. The summed E-state index contributed by atoms with van der Waals surface area (Å²) in [4.78, 5) is 17.8. The average Bonchev–Trinajstić information content (AvgIpc) is 3.09. The van der Waals surface area contributed by atoms with Crippen molar-refractivity contribution >= 4 is 7.82 Å². The van der Waals surface area contributed by atoms with Gasteiger partial charge < -0.3 is 25.0 Å². The molecule has 0 spiro atoms. The molecule has 7 nitrogen and oxygen atoms in total. The molecule has 1 saturated carbocycles. The molecule has 2 aromatic rings. The van der Waals surface area contributed by atoms with Gasteiger partial charge in [-0.1, -0.05) is 24.3 Å². The van der Waals surface area contributed by atoms with Crippen LogP contribution in [0.25, 0.3) is 0 Å². The molecule has 2 aromatic carbocycles. The number of phosphoric acid groups is 1. The zero-order valence-electron chi connectivity index (χ0n) is 17.4. The van der Waals surface area contributed by atoms with Gasteiger partial charge in [-0.05, 0) is 67.0 Å². The number of ether oxygens (including phenoxy) is 2. The van der Waals surface area contributed by atoms with Gasteiger partial charge in [0.1, 0.15) is 11.5 Å². The van der Waals surface area contributed by atoms with Crippen molar-refractivity contribution in [1.29, 1.82) is 0 Å². The van der Waals surface area contributed by atoms with E-state index in [0.717, 1.165) is 35.5 Å². The van der Waals surface area contributed by atoms with Crippen molar-refractivity contribution in [2.24, 2.45) is 5.73 Å². The minimum atomic E-state index is -4.50. The lowest BCUT2D eigenvalue weighted by atomic mass is 9.94. The fourth-order valence-corrected chi connectivity index (χ4v) is 4.43. The van der Waals surface area contributed by atoms with E-state index in [1.807, 2.05) is 43.3 Å². The molecule has 0 radical (unpaired) electrons. The van der Waals surface area contributed by atoms with Crippen LogP contribution in [-0.2, 0) is 15.5 Å². The van der Waals surface area contributed by atoms with Gasteiger partial charge in [-0.25, -0.2) is 4.57 Å². The molecule has 1 aliphatic rings. The van der Waals surface area contributed by atoms with E-state index in [2.05, 4.69) is 10.6 Å². The summed E-state index contributed by atoms with van der Waals surface area (Å²) in [5.41, 5.74) is 9.02. The Labute approximate surface area is 177 Å². The van der Waals surface area contributed by atoms with Crippen LogP contribution in [0.3, 0.4) is 0 Å². The van der Waals surface area contributed by atoms with Gasteiger partial charge >= 0.3 is 7.82 Å². The van der Waals surface area contributed by atoms with Gasteiger partial charge in [0.05, 0.1) is 20.3 Å². The standard InChI is InChI=1S/C22H30NO6P/c1-16-13-17(3-8-21(16)27-2)10-12-28-20-6-4-18(5-7-20)19-9-11-22(23,14-19)15-29-30(24,25)26/h3-8,13,19H,9-12,14-15,23H2,1-2H3,(H2,24,25,26)/t19-,22+/m1/s1. The Morgan fingerprint density at radius 1 is 1.20 bits per heavy atom. The topological polar surface area (TPSA) is 111 Å². The monoisotopic (exact) mass is 435 g/mol. The summed E-state index contributed by atoms with van der Waals surface area (Å²) in [5.74, 6) is 1.94. The van der Waals surface area contributed by atoms with Gasteiger partial charge in [0.2, 0.25) is 0 Å². The maximum atomic E-state index is 10.9. The molecule has 3 rings (SSSR count). The number of rotatable bonds is 9. The van der Waals surface area contributed by atoms with Crippen LogP contribution in [0.4, 0.5) is 0 Å². The van der Waals surface area contributed by atoms with Gasteiger partial charge in [-0.2, -0.15) is 0 Å². The van der Waals surface area contributed by atoms with Gasteiger partial charge in [-0.15, -0.1) is 0 Å². The molecule has 0 aliphatic heterocycles. The number of hydrogen-bond donors (Lipinski definition) is 3. The number of benzene rings is 2. The number of methoxy groups -OCH3 is 1. The van der Waals surface area contributed by atoms with Crippen LogP contribution in [0.2, 0.25) is 0 Å². The van der Waals surface area contributed by atoms with Crippen LogP contribution in [0.5, 0.6) is 11.5 Å². The first-order valence-corrected chi connectivity index (χ1v) is 11.6. The van der Waals surface area contributed by atoms with Crippen LogP contribution in [0.15, 0.2) is 42.5 Å². The van der Waals surface area contributed by atoms with E-state index in [4.69, 9.17) is 25.0 Å². The second-order valence-corrected chi connectivity index (χ2v) is 9.28. The Bertz CT molecular complexity index is 897. The molecule has 0 unspecified atom stereocenters. The van der Waals surface area contributed by atoms with Crippen molar-refractivity contribution in [2.75, 3.05) is 20.3 Å². The van der Waals surface area contributed by atoms with E-state index in [0.29, 0.717) is 19.4 Å². The highest BCUT2D eigenvalue weighted by Gasteiger charge is 2.38. The zero-order chi connectivity index (χ0) is 21.8. The highest BCUT2D eigenvalue weighted by molar-refractivity contribution is 7.46. The minimum absolute atomic E-state index is 0.139. The van der Waals surface area contributed by atoms with Crippen molar-refractivity contribution in [3.8, 4) is 11.5 Å². The van der Waals surface area contributed by atoms with Gasteiger partial charge in [0.25, 0.3) is 0 Å². The molecule has 1 aliphatic carbocycles. The van der Waals surface area contributed by atoms with Gasteiger partial charge in [-0.3, -0.25) is 4.52 Å². The van der Waals surface area contributed by atoms with Crippen molar-refractivity contribution in [1.82, 2.24) is 0 Å². The predicted molar refractivity (Wildman–Crippen MR) is 115 cm³/mol. The second-order valence-electron chi connectivity index (χ2n) is 8.04. The van der Waals surface area contributed by atoms with E-state index in [1.165, 1.54) is 5.56 Å². The Hall–Kier alpha value is -1.89. The largest absolute Gasteiger partial charge is 0.496 e. The molecule has 1 fully saturated rings. The third-order valence-corrected chi connectivity index (χ3v) is 6.10. The lowest BCUT2D eigenvalue weighted by Crippen LogP contribution is -2.41. The Balaban J connectivity index is 1.49. The van der Waals surface area contributed by atoms with Crippen molar-refractivity contribution in [2.45, 2.75) is 44.1 Å². The second kappa shape index (κ2) is 9.50. The van der Waals surface area contributed by atoms with E-state index in [9.17, 15) is 4.57 Å². The van der Waals surface area contributed by atoms with E-state index in [-0.39, 0.29) is 12.5 Å². The zero-order valence-corrected chi connectivity index (χ0v) is 18.3. The first kappa shape index (κ1) is 22.8. The molecule has 0 saturated heterocycles. The fourth-order valence-electron chi connectivity index (χ4n) is 4.00. The lowest BCUT2D eigenvalue weighted by Gasteiger charge is -2.24. The third-order valence-electron chi connectivity index (χ3n) is 5.63. The summed E-state index contributed by atoms with van der Waals surface area (Å²) in [6.45, 7) is 2.47. The van der Waals surface area contributed by atoms with E-state index < -0.39 is 13.4 Å². The third kappa shape index (κ3) is 6.30. The molecule has 2 atom stereocenters. The molecule has 164 valence electrons. The summed E-state index contributed by atoms with van der Waals surface area (Å²) in [6.07, 6.45) is 2.96. The highest BCUT2D eigenvalue weighted by atomic mass is 31.2. The summed E-state index contributed by atoms with van der Waals surface area (Å²) in [7, 11) is -2.83. The number of aryl methyl sites for hydroxylation is 1. The SMILES string of the molecule is COc1ccc(CCOc2ccc([C@@H]3CC[C@@](N)(COP(=O)(O)O)C3)cc2)cc1C. The minimum Gasteiger partial charge on any atom is -0.496 e. The van der Waals surface area contributed by atoms with Crippen LogP contribution in [0.1, 0.15) is 41.9 Å². The Morgan fingerprint density at radius 3 is 2.57 bits per heavy atom. The summed E-state index contributed by atoms with van der Waals surface area (Å²) < 4.78 is 26.7. The van der Waals surface area contributed by atoms with Gasteiger partial charge in [0.15, 0.2) is 0 Å². The normalized spacial score (nSPS) is 21.6. The van der Waals surface area contributed by atoms with E-state index >= 15 is 0 Å². The number of nitrogens with two attached hydrogens (primary N) is 1. The summed E-state index contributed by atoms with van der Waals surface area (Å²) >= 11 is 0. The first-order valence-electron chi connectivity index (χ1n) is 10.0. The molecule has 0 heterocycles. The van der Waals surface area contributed by atoms with Crippen LogP contribution >= 0.6 is 7.82 Å². The first-order chi connectivity index (χ1) is 14.2. The molecular weight excluding hydrogens is 405 g/mol. The Kier molecular flexibility index (Phi) is 7.22. The molecule has 4 N–H and O–H groups in total. The quantitative estimate of drug-likeness (QED) is 0.515. The molecular formula is C22H30NO6P. The Morgan fingerprint density at radius 2 is 1.93 bits per heavy atom. The van der Waals surface area contributed by atoms with Crippen molar-refractivity contribution in [3.63, 3.8) is 0 Å². The van der Waals surface area contributed by atoms with Crippen LogP contribution < -0.4 is 15.2 Å². The molecule has 8 heteroatoms. The number of phosphoric ester groups is 1. The fraction of sp³-hybridized carbons (Fsp3) is 0.455. The lowest BCUT2D eigenvalue weighted by molar-refractivity contribution is 0.153. The van der Waals surface area contributed by atoms with Crippen LogP contribution in [-0.4, -0.2) is 35.6 Å². The maximum Gasteiger partial charge on any atom is 0.469 e.